The van der Waals surface area contributed by atoms with Crippen LogP contribution >= 0.6 is 11.6 Å². The molecular formula is C34H24ClNO7. The van der Waals surface area contributed by atoms with E-state index in [9.17, 15) is 24.6 Å². The van der Waals surface area contributed by atoms with Gasteiger partial charge >= 0.3 is 11.8 Å². The van der Waals surface area contributed by atoms with Crippen molar-refractivity contribution in [3.05, 3.63) is 134 Å². The SMILES string of the molecule is Cc1oc(=O)oc1C(C)(C(=O)O)c1cccc(-c2cc3cc(-c4ccc(-c5ccccc5)c(O)c4)c(Cl)cc3[nH]c2=O)c1. The summed E-state index contributed by atoms with van der Waals surface area (Å²) in [6, 6.07) is 26.5. The predicted octanol–water partition coefficient (Wildman–Crippen LogP) is 7.13. The zero-order chi connectivity index (χ0) is 30.5. The Morgan fingerprint density at radius 2 is 1.51 bits per heavy atom. The second-order valence-corrected chi connectivity index (χ2v) is 10.8. The second-order valence-electron chi connectivity index (χ2n) is 10.4. The van der Waals surface area contributed by atoms with Crippen LogP contribution in [-0.4, -0.2) is 21.2 Å². The van der Waals surface area contributed by atoms with Crippen molar-refractivity contribution in [2.45, 2.75) is 19.3 Å². The van der Waals surface area contributed by atoms with E-state index in [2.05, 4.69) is 4.98 Å². The number of aromatic amines is 1. The first-order valence-electron chi connectivity index (χ1n) is 13.3. The normalized spacial score (nSPS) is 12.7. The van der Waals surface area contributed by atoms with E-state index in [1.54, 1.807) is 42.5 Å². The number of aryl methyl sites for hydroxylation is 1. The predicted molar refractivity (Wildman–Crippen MR) is 164 cm³/mol. The van der Waals surface area contributed by atoms with Crippen molar-refractivity contribution in [1.82, 2.24) is 4.98 Å². The summed E-state index contributed by atoms with van der Waals surface area (Å²) in [4.78, 5) is 40.3. The van der Waals surface area contributed by atoms with Crippen molar-refractivity contribution in [3.8, 4) is 39.1 Å². The fourth-order valence-electron chi connectivity index (χ4n) is 5.38. The lowest BCUT2D eigenvalue weighted by Gasteiger charge is -2.23. The molecule has 6 rings (SSSR count). The molecule has 0 aliphatic carbocycles. The van der Waals surface area contributed by atoms with Crippen LogP contribution < -0.4 is 11.4 Å². The quantitative estimate of drug-likeness (QED) is 0.187. The Kier molecular flexibility index (Phi) is 6.79. The number of H-pyrrole nitrogens is 1. The molecule has 1 unspecified atom stereocenters. The number of hydrogen-bond donors (Lipinski definition) is 3. The number of fused-ring (bicyclic) bond motifs is 1. The van der Waals surface area contributed by atoms with Gasteiger partial charge in [0.2, 0.25) is 0 Å². The maximum atomic E-state index is 13.2. The van der Waals surface area contributed by atoms with Crippen LogP contribution in [0.4, 0.5) is 0 Å². The molecule has 0 aliphatic heterocycles. The minimum atomic E-state index is -1.76. The van der Waals surface area contributed by atoms with Gasteiger partial charge < -0.3 is 24.0 Å². The van der Waals surface area contributed by atoms with Crippen LogP contribution in [0.5, 0.6) is 5.75 Å². The lowest BCUT2D eigenvalue weighted by Crippen LogP contribution is -2.34. The highest BCUT2D eigenvalue weighted by Crippen LogP contribution is 2.39. The number of phenolic OH excluding ortho intramolecular Hbond substituents is 1. The van der Waals surface area contributed by atoms with E-state index in [1.165, 1.54) is 13.8 Å². The number of phenols is 1. The van der Waals surface area contributed by atoms with E-state index in [-0.39, 0.29) is 22.8 Å². The highest BCUT2D eigenvalue weighted by molar-refractivity contribution is 6.34. The Labute approximate surface area is 249 Å². The molecular weight excluding hydrogens is 570 g/mol. The van der Waals surface area contributed by atoms with E-state index in [0.717, 1.165) is 5.56 Å². The topological polar surface area (TPSA) is 134 Å². The lowest BCUT2D eigenvalue weighted by molar-refractivity contribution is -0.142. The maximum absolute atomic E-state index is 13.2. The van der Waals surface area contributed by atoms with E-state index in [4.69, 9.17) is 20.4 Å². The summed E-state index contributed by atoms with van der Waals surface area (Å²) < 4.78 is 10.1. The largest absolute Gasteiger partial charge is 0.519 e. The van der Waals surface area contributed by atoms with Gasteiger partial charge in [-0.15, -0.1) is 0 Å². The van der Waals surface area contributed by atoms with Crippen LogP contribution in [0, 0.1) is 6.92 Å². The number of halogens is 1. The molecule has 8 nitrogen and oxygen atoms in total. The summed E-state index contributed by atoms with van der Waals surface area (Å²) >= 11 is 6.63. The number of benzene rings is 4. The number of pyridine rings is 1. The van der Waals surface area contributed by atoms with Crippen molar-refractivity contribution in [2.24, 2.45) is 0 Å². The number of carboxylic acids is 1. The molecule has 0 fully saturated rings. The van der Waals surface area contributed by atoms with Crippen LogP contribution in [0.2, 0.25) is 5.02 Å². The summed E-state index contributed by atoms with van der Waals surface area (Å²) in [5.74, 6) is -2.24. The number of carboxylic acid groups (broad SMARTS) is 1. The molecule has 0 spiro atoms. The van der Waals surface area contributed by atoms with Gasteiger partial charge in [0.05, 0.1) is 5.02 Å². The Morgan fingerprint density at radius 1 is 0.814 bits per heavy atom. The van der Waals surface area contributed by atoms with Gasteiger partial charge in [-0.1, -0.05) is 72.3 Å². The molecule has 0 saturated heterocycles. The third kappa shape index (κ3) is 4.81. The molecule has 0 amide bonds. The molecule has 6 aromatic rings. The first-order valence-corrected chi connectivity index (χ1v) is 13.6. The number of rotatable bonds is 6. The average molecular weight is 594 g/mol. The van der Waals surface area contributed by atoms with Crippen molar-refractivity contribution in [3.63, 3.8) is 0 Å². The van der Waals surface area contributed by atoms with Gasteiger partial charge in [-0.3, -0.25) is 9.59 Å². The van der Waals surface area contributed by atoms with Gasteiger partial charge in [0.25, 0.3) is 5.56 Å². The highest BCUT2D eigenvalue weighted by Gasteiger charge is 2.43. The zero-order valence-corrected chi connectivity index (χ0v) is 23.7. The van der Waals surface area contributed by atoms with Gasteiger partial charge in [-0.2, -0.15) is 0 Å². The number of aromatic nitrogens is 1. The highest BCUT2D eigenvalue weighted by atomic mass is 35.5. The molecule has 0 aliphatic rings. The molecule has 2 aromatic heterocycles. The molecule has 0 bridgehead atoms. The number of aliphatic carboxylic acids is 1. The van der Waals surface area contributed by atoms with Crippen molar-refractivity contribution in [2.75, 3.05) is 0 Å². The van der Waals surface area contributed by atoms with Crippen molar-refractivity contribution < 1.29 is 23.8 Å². The molecule has 3 N–H and O–H groups in total. The maximum Gasteiger partial charge on any atom is 0.519 e. The molecule has 4 aromatic carbocycles. The van der Waals surface area contributed by atoms with Crippen molar-refractivity contribution >= 4 is 28.5 Å². The van der Waals surface area contributed by atoms with Gasteiger partial charge in [0.15, 0.2) is 11.2 Å². The molecule has 1 atom stereocenters. The smallest absolute Gasteiger partial charge is 0.507 e. The number of hydrogen-bond acceptors (Lipinski definition) is 6. The van der Waals surface area contributed by atoms with Crippen LogP contribution in [0.3, 0.4) is 0 Å². The minimum Gasteiger partial charge on any atom is -0.507 e. The molecule has 2 heterocycles. The Bertz CT molecular complexity index is 2160. The average Bonchev–Trinajstić information content (AvgIpc) is 3.34. The fraction of sp³-hybridized carbons (Fsp3) is 0.0882. The molecule has 214 valence electrons. The van der Waals surface area contributed by atoms with Crippen LogP contribution in [0.25, 0.3) is 44.3 Å². The lowest BCUT2D eigenvalue weighted by atomic mass is 9.78. The van der Waals surface area contributed by atoms with E-state index in [1.807, 2.05) is 48.5 Å². The standard InChI is InChI=1S/C34H24ClNO7/c1-18-30(43-33(41)42-18)34(2,32(39)40)23-10-6-9-20(13-23)26-15-22-14-25(27(35)17-28(22)36-31(26)38)21-11-12-24(29(37)16-21)19-7-4-3-5-8-19/h3-17,37H,1-2H3,(H,36,38)(H,39,40). The molecule has 43 heavy (non-hydrogen) atoms. The van der Waals surface area contributed by atoms with Gasteiger partial charge in [-0.25, -0.2) is 4.79 Å². The summed E-state index contributed by atoms with van der Waals surface area (Å²) in [6.45, 7) is 2.86. The molecule has 0 saturated carbocycles. The Balaban J connectivity index is 1.45. The first-order chi connectivity index (χ1) is 20.6. The third-order valence-corrected chi connectivity index (χ3v) is 8.01. The van der Waals surface area contributed by atoms with Crippen LogP contribution in [-0.2, 0) is 10.2 Å². The van der Waals surface area contributed by atoms with Crippen LogP contribution in [0.15, 0.2) is 109 Å². The monoisotopic (exact) mass is 593 g/mol. The van der Waals surface area contributed by atoms with Gasteiger partial charge in [0, 0.05) is 22.2 Å². The number of carbonyl (C=O) groups is 1. The Hall–Kier alpha value is -5.34. The Morgan fingerprint density at radius 3 is 2.19 bits per heavy atom. The van der Waals surface area contributed by atoms with Gasteiger partial charge in [-0.05, 0) is 71.8 Å². The first kappa shape index (κ1) is 27.8. The van der Waals surface area contributed by atoms with E-state index < -0.39 is 22.8 Å². The summed E-state index contributed by atoms with van der Waals surface area (Å²) in [5, 5.41) is 22.1. The number of aromatic hydroxyl groups is 1. The second kappa shape index (κ2) is 10.5. The molecule has 9 heteroatoms. The summed E-state index contributed by atoms with van der Waals surface area (Å²) in [6.07, 6.45) is 0. The van der Waals surface area contributed by atoms with Crippen LogP contribution in [0.1, 0.15) is 24.0 Å². The zero-order valence-electron chi connectivity index (χ0n) is 23.0. The fourth-order valence-corrected chi connectivity index (χ4v) is 5.65. The summed E-state index contributed by atoms with van der Waals surface area (Å²) in [7, 11) is 0. The summed E-state index contributed by atoms with van der Waals surface area (Å²) in [5.41, 5.74) is 2.29. The van der Waals surface area contributed by atoms with E-state index in [0.29, 0.717) is 43.7 Å². The number of nitrogens with one attached hydrogen (secondary N) is 1. The molecule has 0 radical (unpaired) electrons. The van der Waals surface area contributed by atoms with E-state index >= 15 is 0 Å². The minimum absolute atomic E-state index is 0.0519. The van der Waals surface area contributed by atoms with Gasteiger partial charge in [0.1, 0.15) is 11.5 Å². The third-order valence-electron chi connectivity index (χ3n) is 7.70. The van der Waals surface area contributed by atoms with Crippen molar-refractivity contribution in [1.29, 1.82) is 0 Å².